The Hall–Kier alpha value is -3.13. The average Bonchev–Trinajstić information content (AvgIpc) is 2.54. The molecule has 5 heteroatoms. The highest BCUT2D eigenvalue weighted by atomic mass is 16.5. The lowest BCUT2D eigenvalue weighted by Gasteiger charge is -2.03. The first-order chi connectivity index (χ1) is 10.2. The van der Waals surface area contributed by atoms with Crippen LogP contribution in [0.2, 0.25) is 0 Å². The highest BCUT2D eigenvalue weighted by Crippen LogP contribution is 2.21. The number of nitrogens with zero attached hydrogens (tertiary/aromatic N) is 2. The first kappa shape index (κ1) is 12.9. The molecule has 0 radical (unpaired) electrons. The summed E-state index contributed by atoms with van der Waals surface area (Å²) in [6, 6.07) is 13.8. The van der Waals surface area contributed by atoms with Gasteiger partial charge in [0, 0.05) is 5.56 Å². The Morgan fingerprint density at radius 1 is 1.19 bits per heavy atom. The Labute approximate surface area is 120 Å². The van der Waals surface area contributed by atoms with Crippen LogP contribution in [0.3, 0.4) is 0 Å². The Morgan fingerprint density at radius 3 is 2.62 bits per heavy atom. The van der Waals surface area contributed by atoms with E-state index in [1.165, 1.54) is 7.11 Å². The molecule has 3 rings (SSSR count). The van der Waals surface area contributed by atoms with Crippen molar-refractivity contribution in [3.05, 3.63) is 58.4 Å². The van der Waals surface area contributed by atoms with Crippen LogP contribution in [-0.2, 0) is 0 Å². The zero-order chi connectivity index (χ0) is 14.8. The summed E-state index contributed by atoms with van der Waals surface area (Å²) in [6.45, 7) is 0. The van der Waals surface area contributed by atoms with Crippen LogP contribution in [0.1, 0.15) is 5.56 Å². The molecule has 5 nitrogen and oxygen atoms in total. The second-order valence-electron chi connectivity index (χ2n) is 4.38. The normalized spacial score (nSPS) is 10.3. The molecular weight excluding hydrogens is 268 g/mol. The van der Waals surface area contributed by atoms with Gasteiger partial charge in [-0.05, 0) is 42.5 Å². The highest BCUT2D eigenvalue weighted by Gasteiger charge is 2.09. The van der Waals surface area contributed by atoms with Crippen LogP contribution >= 0.6 is 0 Å². The van der Waals surface area contributed by atoms with E-state index >= 15 is 0 Å². The summed E-state index contributed by atoms with van der Waals surface area (Å²) in [6.07, 6.45) is 0. The van der Waals surface area contributed by atoms with Crippen LogP contribution in [0.25, 0.3) is 22.4 Å². The van der Waals surface area contributed by atoms with Gasteiger partial charge >= 0.3 is 5.63 Å². The number of rotatable bonds is 2. The smallest absolute Gasteiger partial charge is 0.347 e. The summed E-state index contributed by atoms with van der Waals surface area (Å²) in [5, 5.41) is 9.15. The first-order valence-corrected chi connectivity index (χ1v) is 6.20. The third-order valence-electron chi connectivity index (χ3n) is 3.10. The van der Waals surface area contributed by atoms with E-state index in [-0.39, 0.29) is 5.89 Å². The molecule has 0 bridgehead atoms. The predicted molar refractivity (Wildman–Crippen MR) is 77.0 cm³/mol. The predicted octanol–water partition coefficient (Wildman–Crippen LogP) is 2.74. The van der Waals surface area contributed by atoms with Gasteiger partial charge in [-0.3, -0.25) is 0 Å². The van der Waals surface area contributed by atoms with Crippen molar-refractivity contribution >= 4 is 10.9 Å². The minimum absolute atomic E-state index is 0.224. The zero-order valence-electron chi connectivity index (χ0n) is 11.2. The standard InChI is InChI=1S/C16H10N2O3/c1-20-12-6-7-14-13(8-12)16(19)21-15(18-14)11-4-2-10(9-17)3-5-11/h2-8H,1H3. The Bertz CT molecular complexity index is 905. The van der Waals surface area contributed by atoms with E-state index in [4.69, 9.17) is 14.4 Å². The Kier molecular flexibility index (Phi) is 3.13. The Balaban J connectivity index is 2.16. The quantitative estimate of drug-likeness (QED) is 0.720. The van der Waals surface area contributed by atoms with E-state index in [2.05, 4.69) is 4.98 Å². The van der Waals surface area contributed by atoms with Crippen LogP contribution in [0.4, 0.5) is 0 Å². The van der Waals surface area contributed by atoms with Gasteiger partial charge in [0.15, 0.2) is 0 Å². The molecule has 0 aliphatic heterocycles. The van der Waals surface area contributed by atoms with Crippen molar-refractivity contribution in [2.45, 2.75) is 0 Å². The molecular formula is C16H10N2O3. The van der Waals surface area contributed by atoms with Gasteiger partial charge < -0.3 is 9.15 Å². The van der Waals surface area contributed by atoms with Crippen molar-refractivity contribution in [3.8, 4) is 23.3 Å². The van der Waals surface area contributed by atoms with Crippen molar-refractivity contribution in [1.29, 1.82) is 5.26 Å². The monoisotopic (exact) mass is 278 g/mol. The molecule has 0 saturated carbocycles. The van der Waals surface area contributed by atoms with Crippen molar-refractivity contribution < 1.29 is 9.15 Å². The maximum atomic E-state index is 12.0. The minimum Gasteiger partial charge on any atom is -0.497 e. The minimum atomic E-state index is -0.474. The van der Waals surface area contributed by atoms with E-state index < -0.39 is 5.63 Å². The number of ether oxygens (including phenoxy) is 1. The van der Waals surface area contributed by atoms with Gasteiger partial charge in [-0.2, -0.15) is 5.26 Å². The van der Waals surface area contributed by atoms with E-state index in [0.29, 0.717) is 27.8 Å². The fraction of sp³-hybridized carbons (Fsp3) is 0.0625. The van der Waals surface area contributed by atoms with Gasteiger partial charge in [-0.1, -0.05) is 0 Å². The summed E-state index contributed by atoms with van der Waals surface area (Å²) in [5.41, 5.74) is 1.24. The SMILES string of the molecule is COc1ccc2nc(-c3ccc(C#N)cc3)oc(=O)c2c1. The van der Waals surface area contributed by atoms with Crippen molar-refractivity contribution in [2.75, 3.05) is 7.11 Å². The fourth-order valence-corrected chi connectivity index (χ4v) is 1.99. The molecule has 2 aromatic carbocycles. The number of hydrogen-bond acceptors (Lipinski definition) is 5. The molecule has 0 spiro atoms. The molecule has 0 aliphatic rings. The lowest BCUT2D eigenvalue weighted by atomic mass is 10.1. The van der Waals surface area contributed by atoms with Crippen molar-refractivity contribution in [3.63, 3.8) is 0 Å². The third kappa shape index (κ3) is 2.35. The fourth-order valence-electron chi connectivity index (χ4n) is 1.99. The zero-order valence-corrected chi connectivity index (χ0v) is 11.2. The molecule has 1 heterocycles. The number of benzene rings is 2. The van der Waals surface area contributed by atoms with Gasteiger partial charge in [0.05, 0.1) is 29.6 Å². The van der Waals surface area contributed by atoms with E-state index in [9.17, 15) is 4.79 Å². The summed E-state index contributed by atoms with van der Waals surface area (Å²) in [7, 11) is 1.53. The van der Waals surface area contributed by atoms with Crippen LogP contribution in [0.15, 0.2) is 51.7 Å². The second kappa shape index (κ2) is 5.10. The molecule has 0 saturated heterocycles. The maximum absolute atomic E-state index is 12.0. The summed E-state index contributed by atoms with van der Waals surface area (Å²) >= 11 is 0. The molecule has 3 aromatic rings. The van der Waals surface area contributed by atoms with Gasteiger partial charge in [-0.15, -0.1) is 0 Å². The summed E-state index contributed by atoms with van der Waals surface area (Å²) < 4.78 is 10.3. The van der Waals surface area contributed by atoms with Gasteiger partial charge in [-0.25, -0.2) is 9.78 Å². The number of fused-ring (bicyclic) bond motifs is 1. The molecule has 0 atom stereocenters. The van der Waals surface area contributed by atoms with Crippen LogP contribution in [0, 0.1) is 11.3 Å². The van der Waals surface area contributed by atoms with Crippen LogP contribution in [0.5, 0.6) is 5.75 Å². The first-order valence-electron chi connectivity index (χ1n) is 6.20. The van der Waals surface area contributed by atoms with Crippen LogP contribution in [-0.4, -0.2) is 12.1 Å². The molecule has 0 aliphatic carbocycles. The number of nitriles is 1. The molecule has 102 valence electrons. The van der Waals surface area contributed by atoms with Gasteiger partial charge in [0.25, 0.3) is 0 Å². The van der Waals surface area contributed by atoms with Gasteiger partial charge in [0.1, 0.15) is 5.75 Å². The highest BCUT2D eigenvalue weighted by molar-refractivity contribution is 5.80. The Morgan fingerprint density at radius 2 is 1.95 bits per heavy atom. The lowest BCUT2D eigenvalue weighted by molar-refractivity contribution is 0.415. The molecule has 0 fully saturated rings. The lowest BCUT2D eigenvalue weighted by Crippen LogP contribution is -2.03. The number of methoxy groups -OCH3 is 1. The number of aromatic nitrogens is 1. The molecule has 0 amide bonds. The third-order valence-corrected chi connectivity index (χ3v) is 3.10. The average molecular weight is 278 g/mol. The van der Waals surface area contributed by atoms with E-state index in [1.54, 1.807) is 42.5 Å². The molecule has 0 unspecified atom stereocenters. The van der Waals surface area contributed by atoms with E-state index in [0.717, 1.165) is 0 Å². The summed E-state index contributed by atoms with van der Waals surface area (Å²) in [4.78, 5) is 16.4. The van der Waals surface area contributed by atoms with Crippen molar-refractivity contribution in [1.82, 2.24) is 4.98 Å². The topological polar surface area (TPSA) is 76.1 Å². The maximum Gasteiger partial charge on any atom is 0.347 e. The second-order valence-corrected chi connectivity index (χ2v) is 4.38. The molecule has 1 aromatic heterocycles. The molecule has 21 heavy (non-hydrogen) atoms. The number of hydrogen-bond donors (Lipinski definition) is 0. The van der Waals surface area contributed by atoms with Crippen molar-refractivity contribution in [2.24, 2.45) is 0 Å². The van der Waals surface area contributed by atoms with Crippen LogP contribution < -0.4 is 10.4 Å². The van der Waals surface area contributed by atoms with E-state index in [1.807, 2.05) is 6.07 Å². The van der Waals surface area contributed by atoms with Gasteiger partial charge in [0.2, 0.25) is 5.89 Å². The molecule has 0 N–H and O–H groups in total. The summed E-state index contributed by atoms with van der Waals surface area (Å²) in [5.74, 6) is 0.796. The largest absolute Gasteiger partial charge is 0.497 e.